The molecule has 0 aliphatic rings. The van der Waals surface area contributed by atoms with Crippen molar-refractivity contribution in [3.8, 4) is 11.5 Å². The van der Waals surface area contributed by atoms with Crippen LogP contribution in [0, 0.1) is 20.8 Å². The molecule has 0 saturated heterocycles. The van der Waals surface area contributed by atoms with Crippen molar-refractivity contribution in [2.75, 3.05) is 14.2 Å². The minimum atomic E-state index is 0.851. The summed E-state index contributed by atoms with van der Waals surface area (Å²) < 4.78 is 11.8. The van der Waals surface area contributed by atoms with Crippen molar-refractivity contribution in [1.82, 2.24) is 0 Å². The van der Waals surface area contributed by atoms with Gasteiger partial charge in [-0.25, -0.2) is 0 Å². The van der Waals surface area contributed by atoms with E-state index in [2.05, 4.69) is 101 Å². The Morgan fingerprint density at radius 3 is 1.44 bits per heavy atom. The van der Waals surface area contributed by atoms with Crippen LogP contribution in [0.5, 0.6) is 11.5 Å². The maximum atomic E-state index is 5.90. The number of hydrogen-bond acceptors (Lipinski definition) is 2. The molecule has 3 rings (SSSR count). The molecule has 0 fully saturated rings. The molecule has 0 amide bonds. The van der Waals surface area contributed by atoms with Crippen molar-refractivity contribution >= 4 is 24.3 Å². The minimum Gasteiger partial charge on any atom is -0.496 e. The average Bonchev–Trinajstić information content (AvgIpc) is 3.04. The van der Waals surface area contributed by atoms with Gasteiger partial charge in [-0.15, -0.1) is 0 Å². The third-order valence-electron chi connectivity index (χ3n) is 9.12. The van der Waals surface area contributed by atoms with Crippen LogP contribution in [0.2, 0.25) is 0 Å². The second-order valence-corrected chi connectivity index (χ2v) is 12.9. The van der Waals surface area contributed by atoms with Gasteiger partial charge in [0.2, 0.25) is 0 Å². The molecule has 0 spiro atoms. The van der Waals surface area contributed by atoms with Crippen LogP contribution in [-0.2, 0) is 12.8 Å². The van der Waals surface area contributed by atoms with Gasteiger partial charge in [-0.1, -0.05) is 138 Å². The Hall–Kier alpha value is -3.26. The van der Waals surface area contributed by atoms with E-state index in [4.69, 9.17) is 9.47 Å². The van der Waals surface area contributed by atoms with Crippen LogP contribution in [0.25, 0.3) is 24.3 Å². The van der Waals surface area contributed by atoms with Gasteiger partial charge in [-0.05, 0) is 92.0 Å². The van der Waals surface area contributed by atoms with Crippen LogP contribution in [0.1, 0.15) is 141 Å². The van der Waals surface area contributed by atoms with E-state index in [-0.39, 0.29) is 0 Å². The lowest BCUT2D eigenvalue weighted by molar-refractivity contribution is 0.401. The highest BCUT2D eigenvalue weighted by Crippen LogP contribution is 2.33. The Bertz CT molecular complexity index is 1380. The van der Waals surface area contributed by atoms with Crippen LogP contribution in [0.3, 0.4) is 0 Å². The van der Waals surface area contributed by atoms with Crippen molar-refractivity contribution in [3.05, 3.63) is 92.5 Å². The number of unbranched alkanes of at least 4 members (excludes halogenated alkanes) is 10. The van der Waals surface area contributed by atoms with Crippen LogP contribution >= 0.6 is 0 Å². The summed E-state index contributed by atoms with van der Waals surface area (Å²) in [7, 11) is 3.51. The molecular weight excluding hydrogens is 548 g/mol. The molecule has 0 aliphatic heterocycles. The van der Waals surface area contributed by atoms with E-state index in [1.54, 1.807) is 14.2 Å². The summed E-state index contributed by atoms with van der Waals surface area (Å²) >= 11 is 0. The molecule has 45 heavy (non-hydrogen) atoms. The fourth-order valence-electron chi connectivity index (χ4n) is 6.14. The highest BCUT2D eigenvalue weighted by atomic mass is 16.5. The fourth-order valence-corrected chi connectivity index (χ4v) is 6.14. The average molecular weight is 609 g/mol. The Balaban J connectivity index is 1.80. The number of rotatable bonds is 20. The van der Waals surface area contributed by atoms with E-state index >= 15 is 0 Å². The number of hydrogen-bond donors (Lipinski definition) is 0. The molecule has 3 aromatic carbocycles. The number of ether oxygens (including phenoxy) is 2. The van der Waals surface area contributed by atoms with E-state index in [1.807, 2.05) is 0 Å². The van der Waals surface area contributed by atoms with Crippen LogP contribution in [0.15, 0.2) is 42.5 Å². The summed E-state index contributed by atoms with van der Waals surface area (Å²) in [6.45, 7) is 11.2. The summed E-state index contributed by atoms with van der Waals surface area (Å²) in [6, 6.07) is 15.8. The smallest absolute Gasteiger partial charge is 0.126 e. The van der Waals surface area contributed by atoms with E-state index in [1.165, 1.54) is 116 Å². The molecule has 0 saturated carbocycles. The first-order valence-electron chi connectivity index (χ1n) is 17.7. The fraction of sp³-hybridized carbons (Fsp3) is 0.488. The summed E-state index contributed by atoms with van der Waals surface area (Å²) in [6.07, 6.45) is 26.9. The third-order valence-corrected chi connectivity index (χ3v) is 9.12. The standard InChI is InChI=1S/C43H60O2/c1-8-10-12-14-16-18-20-37-28-33(3)22-23-36(37)24-26-40-31-43(45-7)41(32-42(40)44-6)27-25-39-30-35(5)34(4)29-38(39)21-19-17-15-13-11-9-2/h22-32H,8-21H2,1-7H3/b26-24+,27-25+. The van der Waals surface area contributed by atoms with Gasteiger partial charge in [-0.3, -0.25) is 0 Å². The maximum Gasteiger partial charge on any atom is 0.126 e. The summed E-state index contributed by atoms with van der Waals surface area (Å²) in [5.41, 5.74) is 11.5. The molecule has 0 aromatic heterocycles. The van der Waals surface area contributed by atoms with Gasteiger partial charge in [0.25, 0.3) is 0 Å². The minimum absolute atomic E-state index is 0.851. The van der Waals surface area contributed by atoms with Gasteiger partial charge < -0.3 is 9.47 Å². The summed E-state index contributed by atoms with van der Waals surface area (Å²) in [4.78, 5) is 0. The highest BCUT2D eigenvalue weighted by molar-refractivity contribution is 5.80. The molecular formula is C43H60O2. The van der Waals surface area contributed by atoms with Crippen LogP contribution in [-0.4, -0.2) is 14.2 Å². The van der Waals surface area contributed by atoms with Crippen LogP contribution < -0.4 is 9.47 Å². The number of methoxy groups -OCH3 is 2. The van der Waals surface area contributed by atoms with Crippen LogP contribution in [0.4, 0.5) is 0 Å². The summed E-state index contributed by atoms with van der Waals surface area (Å²) in [5.74, 6) is 1.70. The molecule has 0 aliphatic carbocycles. The Morgan fingerprint density at radius 2 is 0.911 bits per heavy atom. The van der Waals surface area contributed by atoms with E-state index in [0.29, 0.717) is 0 Å². The first kappa shape index (κ1) is 36.2. The normalized spacial score (nSPS) is 11.6. The second-order valence-electron chi connectivity index (χ2n) is 12.9. The second kappa shape index (κ2) is 20.0. The van der Waals surface area contributed by atoms with Crippen molar-refractivity contribution < 1.29 is 9.47 Å². The third kappa shape index (κ3) is 11.9. The van der Waals surface area contributed by atoms with Crippen molar-refractivity contribution in [3.63, 3.8) is 0 Å². The predicted molar refractivity (Wildman–Crippen MR) is 199 cm³/mol. The molecule has 0 heterocycles. The van der Waals surface area contributed by atoms with Crippen molar-refractivity contribution in [2.45, 2.75) is 125 Å². The quantitative estimate of drug-likeness (QED) is 0.0938. The topological polar surface area (TPSA) is 18.5 Å². The lowest BCUT2D eigenvalue weighted by Crippen LogP contribution is -1.95. The monoisotopic (exact) mass is 608 g/mol. The van der Waals surface area contributed by atoms with Gasteiger partial charge in [0.1, 0.15) is 11.5 Å². The zero-order valence-electron chi connectivity index (χ0n) is 29.6. The van der Waals surface area contributed by atoms with Crippen molar-refractivity contribution in [2.24, 2.45) is 0 Å². The molecule has 2 nitrogen and oxygen atoms in total. The molecule has 0 bridgehead atoms. The first-order chi connectivity index (χ1) is 21.9. The van der Waals surface area contributed by atoms with E-state index < -0.39 is 0 Å². The van der Waals surface area contributed by atoms with Gasteiger partial charge >= 0.3 is 0 Å². The summed E-state index contributed by atoms with van der Waals surface area (Å²) in [5, 5.41) is 0. The van der Waals surface area contributed by atoms with Crippen molar-refractivity contribution in [1.29, 1.82) is 0 Å². The predicted octanol–water partition coefficient (Wildman–Crippen LogP) is 12.8. The van der Waals surface area contributed by atoms with E-state index in [9.17, 15) is 0 Å². The van der Waals surface area contributed by atoms with E-state index in [0.717, 1.165) is 35.5 Å². The number of benzene rings is 3. The van der Waals surface area contributed by atoms with Gasteiger partial charge in [-0.2, -0.15) is 0 Å². The number of aryl methyl sites for hydroxylation is 5. The maximum absolute atomic E-state index is 5.90. The molecule has 0 unspecified atom stereocenters. The SMILES string of the molecule is CCCCCCCCc1cc(C)ccc1/C=C/c1cc(OC)c(/C=C/c2cc(C)c(C)cc2CCCCCCCC)cc1OC. The molecule has 0 radical (unpaired) electrons. The first-order valence-corrected chi connectivity index (χ1v) is 17.7. The lowest BCUT2D eigenvalue weighted by Gasteiger charge is -2.13. The van der Waals surface area contributed by atoms with Gasteiger partial charge in [0, 0.05) is 11.1 Å². The molecule has 2 heteroatoms. The van der Waals surface area contributed by atoms with Gasteiger partial charge in [0.15, 0.2) is 0 Å². The molecule has 244 valence electrons. The Morgan fingerprint density at radius 1 is 0.467 bits per heavy atom. The zero-order valence-corrected chi connectivity index (χ0v) is 29.6. The molecule has 3 aromatic rings. The Kier molecular flexibility index (Phi) is 16.1. The lowest BCUT2D eigenvalue weighted by atomic mass is 9.94. The van der Waals surface area contributed by atoms with Gasteiger partial charge in [0.05, 0.1) is 14.2 Å². The highest BCUT2D eigenvalue weighted by Gasteiger charge is 2.10. The molecule has 0 atom stereocenters. The largest absolute Gasteiger partial charge is 0.496 e. The zero-order chi connectivity index (χ0) is 32.4. The molecule has 0 N–H and O–H groups in total. The Labute approximate surface area is 276 Å².